The molecule has 0 saturated heterocycles. The number of imidazole rings is 1. The van der Waals surface area contributed by atoms with E-state index in [2.05, 4.69) is 23.4 Å². The maximum absolute atomic E-state index is 5.39. The second-order valence-corrected chi connectivity index (χ2v) is 7.23. The largest absolute Gasteiger partial charge is 0.500 e. The number of aromatic nitrogens is 2. The summed E-state index contributed by atoms with van der Waals surface area (Å²) in [6.45, 7) is 4.28. The molecule has 0 unspecified atom stereocenters. The van der Waals surface area contributed by atoms with Crippen LogP contribution in [0.1, 0.15) is 25.7 Å². The summed E-state index contributed by atoms with van der Waals surface area (Å²) in [6.07, 6.45) is 4.62. The average Bonchev–Trinajstić information content (AvgIpc) is 2.80. The topological polar surface area (TPSA) is 45.5 Å². The Bertz CT molecular complexity index is 329. The van der Waals surface area contributed by atoms with E-state index in [0.29, 0.717) is 6.04 Å². The maximum atomic E-state index is 5.39. The highest BCUT2D eigenvalue weighted by molar-refractivity contribution is 6.60. The summed E-state index contributed by atoms with van der Waals surface area (Å²) in [5, 5.41) is 0. The van der Waals surface area contributed by atoms with Gasteiger partial charge in [-0.25, -0.2) is 4.98 Å². The highest BCUT2D eigenvalue weighted by atomic mass is 28.4. The van der Waals surface area contributed by atoms with Crippen LogP contribution in [0.5, 0.6) is 0 Å². The smallest absolute Gasteiger partial charge is 0.377 e. The molecule has 0 aliphatic carbocycles. The lowest BCUT2D eigenvalue weighted by atomic mass is 10.3. The van der Waals surface area contributed by atoms with Crippen molar-refractivity contribution in [1.29, 1.82) is 0 Å². The highest BCUT2D eigenvalue weighted by Crippen LogP contribution is 2.17. The molecule has 1 aromatic heterocycles. The van der Waals surface area contributed by atoms with Crippen molar-refractivity contribution < 1.29 is 13.3 Å². The van der Waals surface area contributed by atoms with Crippen molar-refractivity contribution in [3.05, 3.63) is 18.2 Å². The van der Waals surface area contributed by atoms with Gasteiger partial charge in [-0.2, -0.15) is 0 Å². The van der Waals surface area contributed by atoms with Gasteiger partial charge in [-0.3, -0.25) is 0 Å². The molecular weight excluding hydrogens is 236 g/mol. The van der Waals surface area contributed by atoms with Crippen molar-refractivity contribution in [2.45, 2.75) is 32.4 Å². The van der Waals surface area contributed by atoms with Crippen molar-refractivity contribution in [2.75, 3.05) is 21.3 Å². The summed E-state index contributed by atoms with van der Waals surface area (Å²) in [6, 6.07) is 1.15. The number of hydrogen-bond acceptors (Lipinski definition) is 4. The second-order valence-electron chi connectivity index (χ2n) is 4.14. The molecule has 0 fully saturated rings. The molecule has 0 amide bonds. The van der Waals surface area contributed by atoms with Gasteiger partial charge in [0.1, 0.15) is 5.82 Å². The summed E-state index contributed by atoms with van der Waals surface area (Å²) in [4.78, 5) is 4.36. The third kappa shape index (κ3) is 3.38. The number of nitrogens with zero attached hydrogens (tertiary/aromatic N) is 2. The first kappa shape index (κ1) is 14.4. The molecule has 0 aliphatic rings. The molecule has 1 aromatic rings. The molecule has 0 N–H and O–H groups in total. The summed E-state index contributed by atoms with van der Waals surface area (Å²) in [5.74, 6) is 1.04. The zero-order valence-electron chi connectivity index (χ0n) is 11.3. The maximum Gasteiger partial charge on any atom is 0.500 e. The molecule has 0 aromatic carbocycles. The van der Waals surface area contributed by atoms with Gasteiger partial charge in [0.05, 0.1) is 0 Å². The van der Waals surface area contributed by atoms with Crippen LogP contribution in [0.3, 0.4) is 0 Å². The third-order valence-corrected chi connectivity index (χ3v) is 5.62. The Morgan fingerprint density at radius 3 is 2.29 bits per heavy atom. The third-order valence-electron chi connectivity index (χ3n) is 2.89. The lowest BCUT2D eigenvalue weighted by Crippen LogP contribution is -2.43. The lowest BCUT2D eigenvalue weighted by Gasteiger charge is -2.24. The van der Waals surface area contributed by atoms with Gasteiger partial charge in [0, 0.05) is 52.2 Å². The monoisotopic (exact) mass is 258 g/mol. The zero-order chi connectivity index (χ0) is 12.9. The Morgan fingerprint density at radius 2 is 1.82 bits per heavy atom. The Labute approximate surface area is 104 Å². The summed E-state index contributed by atoms with van der Waals surface area (Å²) < 4.78 is 18.3. The van der Waals surface area contributed by atoms with Crippen molar-refractivity contribution in [2.24, 2.45) is 0 Å². The first-order chi connectivity index (χ1) is 8.08. The van der Waals surface area contributed by atoms with E-state index < -0.39 is 8.80 Å². The quantitative estimate of drug-likeness (QED) is 0.701. The van der Waals surface area contributed by atoms with Crippen LogP contribution in [0.2, 0.25) is 6.04 Å². The van der Waals surface area contributed by atoms with Crippen molar-refractivity contribution >= 4 is 8.80 Å². The molecule has 0 radical (unpaired) electrons. The molecule has 0 aliphatic heterocycles. The van der Waals surface area contributed by atoms with Gasteiger partial charge < -0.3 is 17.8 Å². The van der Waals surface area contributed by atoms with Crippen LogP contribution in [0.25, 0.3) is 0 Å². The van der Waals surface area contributed by atoms with Gasteiger partial charge in [-0.15, -0.1) is 0 Å². The first-order valence-electron chi connectivity index (χ1n) is 5.75. The highest BCUT2D eigenvalue weighted by Gasteiger charge is 2.37. The molecule has 6 heteroatoms. The molecule has 98 valence electrons. The van der Waals surface area contributed by atoms with E-state index in [1.165, 1.54) is 0 Å². The number of hydrogen-bond donors (Lipinski definition) is 0. The minimum absolute atomic E-state index is 0.413. The molecule has 5 nitrogen and oxygen atoms in total. The zero-order valence-corrected chi connectivity index (χ0v) is 12.3. The van der Waals surface area contributed by atoms with E-state index >= 15 is 0 Å². The van der Waals surface area contributed by atoms with Gasteiger partial charge in [0.25, 0.3) is 0 Å². The van der Waals surface area contributed by atoms with Gasteiger partial charge in [0.2, 0.25) is 0 Å². The van der Waals surface area contributed by atoms with E-state index in [4.69, 9.17) is 13.3 Å². The Kier molecular flexibility index (Phi) is 5.32. The number of rotatable bonds is 7. The standard InChI is InChI=1S/C11H22N2O3Si/c1-10(2)13-8-7-12-11(13)6-9-17(14-3,15-4)16-5/h7-8,10H,6,9H2,1-5H3. The fourth-order valence-corrected chi connectivity index (χ4v) is 3.47. The molecule has 1 heterocycles. The molecule has 17 heavy (non-hydrogen) atoms. The van der Waals surface area contributed by atoms with Crippen LogP contribution in [0.15, 0.2) is 12.4 Å². The van der Waals surface area contributed by atoms with E-state index in [9.17, 15) is 0 Å². The van der Waals surface area contributed by atoms with Gasteiger partial charge in [-0.1, -0.05) is 0 Å². The van der Waals surface area contributed by atoms with E-state index in [1.54, 1.807) is 21.3 Å². The fraction of sp³-hybridized carbons (Fsp3) is 0.727. The molecule has 0 saturated carbocycles. The summed E-state index contributed by atoms with van der Waals surface area (Å²) in [5.41, 5.74) is 0. The normalized spacial score (nSPS) is 12.4. The van der Waals surface area contributed by atoms with E-state index in [0.717, 1.165) is 18.3 Å². The van der Waals surface area contributed by atoms with Crippen LogP contribution in [0.4, 0.5) is 0 Å². The van der Waals surface area contributed by atoms with Crippen molar-refractivity contribution in [3.63, 3.8) is 0 Å². The molecule has 0 spiro atoms. The van der Waals surface area contributed by atoms with Crippen LogP contribution in [-0.4, -0.2) is 39.7 Å². The van der Waals surface area contributed by atoms with Gasteiger partial charge in [0.15, 0.2) is 0 Å². The Balaban J connectivity index is 2.69. The van der Waals surface area contributed by atoms with E-state index in [-0.39, 0.29) is 0 Å². The second kappa shape index (κ2) is 6.30. The predicted molar refractivity (Wildman–Crippen MR) is 67.9 cm³/mol. The summed E-state index contributed by atoms with van der Waals surface area (Å²) in [7, 11) is 2.41. The van der Waals surface area contributed by atoms with Crippen LogP contribution >= 0.6 is 0 Å². The van der Waals surface area contributed by atoms with Crippen molar-refractivity contribution in [1.82, 2.24) is 9.55 Å². The Hall–Kier alpha value is -0.693. The molecule has 0 atom stereocenters. The van der Waals surface area contributed by atoms with Crippen LogP contribution < -0.4 is 0 Å². The van der Waals surface area contributed by atoms with Crippen LogP contribution in [0, 0.1) is 0 Å². The minimum Gasteiger partial charge on any atom is -0.377 e. The van der Waals surface area contributed by atoms with E-state index in [1.807, 2.05) is 12.4 Å². The molecular formula is C11H22N2O3Si. The fourth-order valence-electron chi connectivity index (χ4n) is 1.83. The SMILES string of the molecule is CO[Si](CCc1nccn1C(C)C)(OC)OC. The Morgan fingerprint density at radius 1 is 1.24 bits per heavy atom. The lowest BCUT2D eigenvalue weighted by molar-refractivity contribution is 0.123. The minimum atomic E-state index is -2.48. The number of aryl methyl sites for hydroxylation is 1. The summed E-state index contributed by atoms with van der Waals surface area (Å²) >= 11 is 0. The molecule has 1 rings (SSSR count). The molecule has 0 bridgehead atoms. The predicted octanol–water partition coefficient (Wildman–Crippen LogP) is 1.88. The van der Waals surface area contributed by atoms with Gasteiger partial charge in [-0.05, 0) is 13.8 Å². The van der Waals surface area contributed by atoms with Crippen LogP contribution in [-0.2, 0) is 19.7 Å². The van der Waals surface area contributed by atoms with Gasteiger partial charge >= 0.3 is 8.80 Å². The first-order valence-corrected chi connectivity index (χ1v) is 7.69. The van der Waals surface area contributed by atoms with Crippen molar-refractivity contribution in [3.8, 4) is 0 Å². The average molecular weight is 258 g/mol.